The molecule has 0 radical (unpaired) electrons. The minimum absolute atomic E-state index is 0.641. The van der Waals surface area contributed by atoms with Gasteiger partial charge >= 0.3 is 0 Å². The Hall–Kier alpha value is -0.760. The molecular formula is C15H23NO. The largest absolute Gasteiger partial charge is 0.465 e. The molecule has 2 heteroatoms. The highest BCUT2D eigenvalue weighted by molar-refractivity contribution is 5.27. The number of rotatable bonds is 3. The maximum absolute atomic E-state index is 6.17. The lowest BCUT2D eigenvalue weighted by atomic mass is 9.82. The molecule has 0 atom stereocenters. The lowest BCUT2D eigenvalue weighted by Crippen LogP contribution is -2.11. The van der Waals surface area contributed by atoms with Gasteiger partial charge in [0.05, 0.1) is 0 Å². The Bertz CT molecular complexity index is 372. The smallest absolute Gasteiger partial charge is 0.111 e. The molecule has 0 unspecified atom stereocenters. The van der Waals surface area contributed by atoms with Crippen molar-refractivity contribution in [1.82, 2.24) is 0 Å². The molecule has 0 saturated heterocycles. The Balaban J connectivity index is 1.81. The quantitative estimate of drug-likeness (QED) is 0.855. The van der Waals surface area contributed by atoms with E-state index < -0.39 is 0 Å². The van der Waals surface area contributed by atoms with Crippen LogP contribution < -0.4 is 5.73 Å². The first-order valence-electron chi connectivity index (χ1n) is 7.21. The van der Waals surface area contributed by atoms with Gasteiger partial charge in [0.1, 0.15) is 11.5 Å². The first-order chi connectivity index (χ1) is 8.38. The van der Waals surface area contributed by atoms with E-state index in [-0.39, 0.29) is 0 Å². The summed E-state index contributed by atoms with van der Waals surface area (Å²) in [7, 11) is 0. The van der Waals surface area contributed by atoms with Gasteiger partial charge in [0, 0.05) is 23.9 Å². The predicted molar refractivity (Wildman–Crippen MR) is 69.0 cm³/mol. The van der Waals surface area contributed by atoms with E-state index in [1.165, 1.54) is 68.5 Å². The molecule has 2 aliphatic rings. The fourth-order valence-corrected chi connectivity index (χ4v) is 3.23. The summed E-state index contributed by atoms with van der Waals surface area (Å²) < 4.78 is 6.17. The van der Waals surface area contributed by atoms with E-state index in [9.17, 15) is 0 Å². The van der Waals surface area contributed by atoms with Gasteiger partial charge in [-0.1, -0.05) is 25.7 Å². The van der Waals surface area contributed by atoms with Gasteiger partial charge < -0.3 is 10.2 Å². The zero-order chi connectivity index (χ0) is 11.7. The number of nitrogens with two attached hydrogens (primary N) is 1. The molecule has 2 nitrogen and oxygen atoms in total. The standard InChI is InChI=1S/C15H23NO/c16-10-13-9-14(11-5-2-1-3-6-11)17-15(13)12-7-4-8-12/h9,11-12H,1-8,10,16H2. The fraction of sp³-hybridized carbons (Fsp3) is 0.733. The highest BCUT2D eigenvalue weighted by Gasteiger charge is 2.28. The molecule has 0 aromatic carbocycles. The summed E-state index contributed by atoms with van der Waals surface area (Å²) in [5, 5.41) is 0. The van der Waals surface area contributed by atoms with Crippen molar-refractivity contribution >= 4 is 0 Å². The topological polar surface area (TPSA) is 39.2 Å². The molecular weight excluding hydrogens is 210 g/mol. The Morgan fingerprint density at radius 1 is 1.00 bits per heavy atom. The molecule has 3 rings (SSSR count). The Morgan fingerprint density at radius 2 is 1.71 bits per heavy atom. The lowest BCUT2D eigenvalue weighted by Gasteiger charge is -2.24. The number of furan rings is 1. The molecule has 2 aliphatic carbocycles. The minimum Gasteiger partial charge on any atom is -0.465 e. The molecule has 2 saturated carbocycles. The summed E-state index contributed by atoms with van der Waals surface area (Å²) in [5.74, 6) is 3.79. The Kier molecular flexibility index (Phi) is 3.24. The molecule has 2 fully saturated rings. The Morgan fingerprint density at radius 3 is 2.29 bits per heavy atom. The number of hydrogen-bond acceptors (Lipinski definition) is 2. The number of hydrogen-bond donors (Lipinski definition) is 1. The van der Waals surface area contributed by atoms with Gasteiger partial charge in [0.2, 0.25) is 0 Å². The third-order valence-corrected chi connectivity index (χ3v) is 4.56. The van der Waals surface area contributed by atoms with Gasteiger partial charge in [0.25, 0.3) is 0 Å². The second-order valence-electron chi connectivity index (χ2n) is 5.71. The highest BCUT2D eigenvalue weighted by atomic mass is 16.3. The molecule has 17 heavy (non-hydrogen) atoms. The van der Waals surface area contributed by atoms with Gasteiger partial charge in [-0.25, -0.2) is 0 Å². The summed E-state index contributed by atoms with van der Waals surface area (Å²) in [6, 6.07) is 2.25. The van der Waals surface area contributed by atoms with Crippen molar-refractivity contribution in [2.75, 3.05) is 0 Å². The van der Waals surface area contributed by atoms with Crippen LogP contribution in [0.1, 0.15) is 80.3 Å². The van der Waals surface area contributed by atoms with Gasteiger partial charge in [0.15, 0.2) is 0 Å². The Labute approximate surface area is 104 Å². The lowest BCUT2D eigenvalue weighted by molar-refractivity contribution is 0.309. The van der Waals surface area contributed by atoms with E-state index in [4.69, 9.17) is 10.2 Å². The second kappa shape index (κ2) is 4.85. The van der Waals surface area contributed by atoms with E-state index in [2.05, 4.69) is 6.07 Å². The van der Waals surface area contributed by atoms with Crippen LogP contribution in [0.5, 0.6) is 0 Å². The third kappa shape index (κ3) is 2.15. The normalized spacial score (nSPS) is 22.6. The highest BCUT2D eigenvalue weighted by Crippen LogP contribution is 2.42. The van der Waals surface area contributed by atoms with Crippen molar-refractivity contribution in [2.24, 2.45) is 5.73 Å². The van der Waals surface area contributed by atoms with Gasteiger partial charge in [-0.05, 0) is 31.7 Å². The molecule has 1 heterocycles. The van der Waals surface area contributed by atoms with Crippen LogP contribution in [0.25, 0.3) is 0 Å². The van der Waals surface area contributed by atoms with Crippen LogP contribution in [0.2, 0.25) is 0 Å². The van der Waals surface area contributed by atoms with Crippen LogP contribution >= 0.6 is 0 Å². The van der Waals surface area contributed by atoms with Crippen LogP contribution in [0.3, 0.4) is 0 Å². The molecule has 2 N–H and O–H groups in total. The van der Waals surface area contributed by atoms with E-state index in [0.717, 1.165) is 0 Å². The van der Waals surface area contributed by atoms with Crippen LogP contribution in [0, 0.1) is 0 Å². The van der Waals surface area contributed by atoms with Crippen molar-refractivity contribution < 1.29 is 4.42 Å². The van der Waals surface area contributed by atoms with Gasteiger partial charge in [-0.2, -0.15) is 0 Å². The molecule has 1 aromatic heterocycles. The first kappa shape index (κ1) is 11.3. The van der Waals surface area contributed by atoms with Crippen molar-refractivity contribution in [3.8, 4) is 0 Å². The van der Waals surface area contributed by atoms with Crippen molar-refractivity contribution in [3.63, 3.8) is 0 Å². The molecule has 1 aromatic rings. The maximum Gasteiger partial charge on any atom is 0.111 e. The van der Waals surface area contributed by atoms with Crippen LogP contribution in [0.15, 0.2) is 10.5 Å². The average Bonchev–Trinajstić information content (AvgIpc) is 2.72. The summed E-state index contributed by atoms with van der Waals surface area (Å²) >= 11 is 0. The van der Waals surface area contributed by atoms with Gasteiger partial charge in [-0.3, -0.25) is 0 Å². The SMILES string of the molecule is NCc1cc(C2CCCCC2)oc1C1CCC1. The van der Waals surface area contributed by atoms with Gasteiger partial charge in [-0.15, -0.1) is 0 Å². The minimum atomic E-state index is 0.641. The zero-order valence-corrected chi connectivity index (χ0v) is 10.6. The third-order valence-electron chi connectivity index (χ3n) is 4.56. The van der Waals surface area contributed by atoms with Crippen molar-refractivity contribution in [1.29, 1.82) is 0 Å². The summed E-state index contributed by atoms with van der Waals surface area (Å²) in [6.07, 6.45) is 10.7. The molecule has 0 spiro atoms. The monoisotopic (exact) mass is 233 g/mol. The molecule has 94 valence electrons. The molecule has 0 aliphatic heterocycles. The second-order valence-corrected chi connectivity index (χ2v) is 5.71. The summed E-state index contributed by atoms with van der Waals surface area (Å²) in [6.45, 7) is 0.641. The van der Waals surface area contributed by atoms with Crippen LogP contribution in [-0.2, 0) is 6.54 Å². The maximum atomic E-state index is 6.17. The fourth-order valence-electron chi connectivity index (χ4n) is 3.23. The summed E-state index contributed by atoms with van der Waals surface area (Å²) in [5.41, 5.74) is 7.12. The van der Waals surface area contributed by atoms with E-state index >= 15 is 0 Å². The molecule has 0 bridgehead atoms. The first-order valence-corrected chi connectivity index (χ1v) is 7.21. The van der Waals surface area contributed by atoms with E-state index in [1.54, 1.807) is 0 Å². The molecule has 0 amide bonds. The predicted octanol–water partition coefficient (Wildman–Crippen LogP) is 4.05. The van der Waals surface area contributed by atoms with Crippen LogP contribution in [-0.4, -0.2) is 0 Å². The van der Waals surface area contributed by atoms with Crippen molar-refractivity contribution in [3.05, 3.63) is 23.2 Å². The van der Waals surface area contributed by atoms with E-state index in [0.29, 0.717) is 18.4 Å². The van der Waals surface area contributed by atoms with E-state index in [1.807, 2.05) is 0 Å². The average molecular weight is 233 g/mol. The zero-order valence-electron chi connectivity index (χ0n) is 10.6. The van der Waals surface area contributed by atoms with Crippen molar-refractivity contribution in [2.45, 2.75) is 69.7 Å². The van der Waals surface area contributed by atoms with Crippen LogP contribution in [0.4, 0.5) is 0 Å². The summed E-state index contributed by atoms with van der Waals surface area (Å²) in [4.78, 5) is 0.